The summed E-state index contributed by atoms with van der Waals surface area (Å²) in [4.78, 5) is 4.31. The first kappa shape index (κ1) is 11.8. The van der Waals surface area contributed by atoms with Crippen LogP contribution in [0.2, 0.25) is 5.02 Å². The second-order valence-corrected chi connectivity index (χ2v) is 5.55. The van der Waals surface area contributed by atoms with Gasteiger partial charge in [0, 0.05) is 34.6 Å². The molecule has 0 spiro atoms. The Bertz CT molecular complexity index is 538. The predicted molar refractivity (Wildman–Crippen MR) is 73.4 cm³/mol. The molecule has 2 aromatic rings. The van der Waals surface area contributed by atoms with Crippen LogP contribution in [-0.4, -0.2) is 22.6 Å². The molecule has 1 fully saturated rings. The van der Waals surface area contributed by atoms with E-state index >= 15 is 0 Å². The predicted octanol–water partition coefficient (Wildman–Crippen LogP) is 2.78. The van der Waals surface area contributed by atoms with Crippen LogP contribution in [0.25, 0.3) is 5.69 Å². The Morgan fingerprint density at radius 2 is 2.11 bits per heavy atom. The zero-order valence-electron chi connectivity index (χ0n) is 10.4. The molecule has 3 nitrogen and oxygen atoms in total. The molecule has 0 aliphatic carbocycles. The molecule has 0 radical (unpaired) electrons. The molecule has 18 heavy (non-hydrogen) atoms. The van der Waals surface area contributed by atoms with Gasteiger partial charge in [-0.05, 0) is 37.2 Å². The highest BCUT2D eigenvalue weighted by Gasteiger charge is 2.33. The van der Waals surface area contributed by atoms with Crippen molar-refractivity contribution in [3.05, 3.63) is 47.5 Å². The molecule has 2 heterocycles. The van der Waals surface area contributed by atoms with E-state index in [1.54, 1.807) is 0 Å². The summed E-state index contributed by atoms with van der Waals surface area (Å²) in [5, 5.41) is 4.19. The number of hydrogen-bond acceptors (Lipinski definition) is 2. The maximum Gasteiger partial charge on any atom is 0.0994 e. The monoisotopic (exact) mass is 261 g/mol. The van der Waals surface area contributed by atoms with E-state index in [4.69, 9.17) is 11.6 Å². The van der Waals surface area contributed by atoms with Crippen molar-refractivity contribution in [2.75, 3.05) is 13.1 Å². The van der Waals surface area contributed by atoms with Gasteiger partial charge in [-0.3, -0.25) is 0 Å². The van der Waals surface area contributed by atoms with E-state index in [1.807, 2.05) is 36.8 Å². The molecule has 4 heteroatoms. The van der Waals surface area contributed by atoms with Gasteiger partial charge < -0.3 is 9.88 Å². The Morgan fingerprint density at radius 3 is 2.78 bits per heavy atom. The van der Waals surface area contributed by atoms with Crippen molar-refractivity contribution >= 4 is 11.6 Å². The Morgan fingerprint density at radius 1 is 1.33 bits per heavy atom. The van der Waals surface area contributed by atoms with Gasteiger partial charge in [0.2, 0.25) is 0 Å². The molecule has 1 saturated heterocycles. The maximum absolute atomic E-state index is 5.93. The topological polar surface area (TPSA) is 29.9 Å². The van der Waals surface area contributed by atoms with Gasteiger partial charge in [0.05, 0.1) is 6.33 Å². The number of nitrogens with zero attached hydrogens (tertiary/aromatic N) is 2. The first-order valence-corrected chi connectivity index (χ1v) is 6.56. The summed E-state index contributed by atoms with van der Waals surface area (Å²) in [6.45, 7) is 4.37. The Hall–Kier alpha value is -1.32. The van der Waals surface area contributed by atoms with E-state index in [-0.39, 0.29) is 5.41 Å². The third kappa shape index (κ3) is 1.93. The van der Waals surface area contributed by atoms with E-state index in [9.17, 15) is 0 Å². The Labute approximate surface area is 112 Å². The summed E-state index contributed by atoms with van der Waals surface area (Å²) in [6.07, 6.45) is 5.00. The van der Waals surface area contributed by atoms with E-state index in [2.05, 4.69) is 21.8 Å². The van der Waals surface area contributed by atoms with Crippen molar-refractivity contribution < 1.29 is 0 Å². The van der Waals surface area contributed by atoms with Crippen LogP contribution in [0.4, 0.5) is 0 Å². The third-order valence-electron chi connectivity index (χ3n) is 3.73. The molecule has 3 rings (SSSR count). The largest absolute Gasteiger partial charge is 0.316 e. The van der Waals surface area contributed by atoms with Crippen molar-refractivity contribution in [2.24, 2.45) is 0 Å². The molecule has 0 saturated carbocycles. The number of hydrogen-bond donors (Lipinski definition) is 1. The summed E-state index contributed by atoms with van der Waals surface area (Å²) in [6, 6.07) is 7.88. The first-order chi connectivity index (χ1) is 8.69. The molecule has 1 atom stereocenters. The van der Waals surface area contributed by atoms with Gasteiger partial charge >= 0.3 is 0 Å². The Kier molecular flexibility index (Phi) is 2.88. The average Bonchev–Trinajstić information content (AvgIpc) is 2.99. The smallest absolute Gasteiger partial charge is 0.0994 e. The number of halogens is 1. The van der Waals surface area contributed by atoms with Gasteiger partial charge in [-0.15, -0.1) is 0 Å². The van der Waals surface area contributed by atoms with Gasteiger partial charge in [-0.25, -0.2) is 4.98 Å². The second kappa shape index (κ2) is 4.41. The number of aromatic nitrogens is 2. The van der Waals surface area contributed by atoms with Crippen molar-refractivity contribution in [3.63, 3.8) is 0 Å². The van der Waals surface area contributed by atoms with E-state index < -0.39 is 0 Å². The molecule has 1 unspecified atom stereocenters. The van der Waals surface area contributed by atoms with Crippen LogP contribution in [0.5, 0.6) is 0 Å². The normalized spacial score (nSPS) is 23.4. The van der Waals surface area contributed by atoms with Crippen LogP contribution < -0.4 is 5.32 Å². The van der Waals surface area contributed by atoms with Crippen molar-refractivity contribution in [1.82, 2.24) is 14.9 Å². The van der Waals surface area contributed by atoms with Crippen molar-refractivity contribution in [3.8, 4) is 5.69 Å². The molecule has 1 aliphatic rings. The minimum Gasteiger partial charge on any atom is -0.316 e. The molecule has 1 aliphatic heterocycles. The molecule has 1 N–H and O–H groups in total. The molecule has 0 bridgehead atoms. The van der Waals surface area contributed by atoms with E-state index in [1.165, 1.54) is 5.69 Å². The highest BCUT2D eigenvalue weighted by molar-refractivity contribution is 6.30. The van der Waals surface area contributed by atoms with Gasteiger partial charge in [-0.1, -0.05) is 18.5 Å². The molecule has 1 aromatic carbocycles. The van der Waals surface area contributed by atoms with Crippen LogP contribution in [-0.2, 0) is 5.41 Å². The van der Waals surface area contributed by atoms with Gasteiger partial charge in [-0.2, -0.15) is 0 Å². The SMILES string of the molecule is CC1(c2cncn2-c2ccc(Cl)cc2)CCNC1. The fourth-order valence-electron chi connectivity index (χ4n) is 2.58. The molecular weight excluding hydrogens is 246 g/mol. The summed E-state index contributed by atoms with van der Waals surface area (Å²) >= 11 is 5.93. The van der Waals surface area contributed by atoms with Crippen molar-refractivity contribution in [1.29, 1.82) is 0 Å². The zero-order chi connectivity index (χ0) is 12.6. The van der Waals surface area contributed by atoms with Crippen LogP contribution in [0.3, 0.4) is 0 Å². The minimum atomic E-state index is 0.163. The molecule has 1 aromatic heterocycles. The Balaban J connectivity index is 2.03. The van der Waals surface area contributed by atoms with E-state index in [0.717, 1.165) is 30.2 Å². The lowest BCUT2D eigenvalue weighted by atomic mass is 9.86. The zero-order valence-corrected chi connectivity index (χ0v) is 11.1. The lowest BCUT2D eigenvalue weighted by Gasteiger charge is -2.24. The number of nitrogens with one attached hydrogen (secondary N) is 1. The highest BCUT2D eigenvalue weighted by Crippen LogP contribution is 2.31. The third-order valence-corrected chi connectivity index (χ3v) is 3.98. The lowest BCUT2D eigenvalue weighted by Crippen LogP contribution is -2.27. The quantitative estimate of drug-likeness (QED) is 0.901. The summed E-state index contributed by atoms with van der Waals surface area (Å²) in [5.41, 5.74) is 2.53. The molecule has 0 amide bonds. The standard InChI is InChI=1S/C14H16ClN3/c1-14(6-7-16-9-14)13-8-17-10-18(13)12-4-2-11(15)3-5-12/h2-5,8,10,16H,6-7,9H2,1H3. The average molecular weight is 262 g/mol. The number of benzene rings is 1. The van der Waals surface area contributed by atoms with E-state index in [0.29, 0.717) is 0 Å². The lowest BCUT2D eigenvalue weighted by molar-refractivity contribution is 0.499. The van der Waals surface area contributed by atoms with Crippen LogP contribution >= 0.6 is 11.6 Å². The fourth-order valence-corrected chi connectivity index (χ4v) is 2.71. The summed E-state index contributed by atoms with van der Waals surface area (Å²) < 4.78 is 2.16. The fraction of sp³-hybridized carbons (Fsp3) is 0.357. The van der Waals surface area contributed by atoms with Gasteiger partial charge in [0.25, 0.3) is 0 Å². The van der Waals surface area contributed by atoms with Gasteiger partial charge in [0.1, 0.15) is 0 Å². The second-order valence-electron chi connectivity index (χ2n) is 5.11. The molecule has 94 valence electrons. The van der Waals surface area contributed by atoms with Crippen LogP contribution in [0.15, 0.2) is 36.8 Å². The van der Waals surface area contributed by atoms with Gasteiger partial charge in [0.15, 0.2) is 0 Å². The maximum atomic E-state index is 5.93. The van der Waals surface area contributed by atoms with Crippen LogP contribution in [0.1, 0.15) is 19.0 Å². The number of imidazole rings is 1. The first-order valence-electron chi connectivity index (χ1n) is 6.19. The minimum absolute atomic E-state index is 0.163. The van der Waals surface area contributed by atoms with Crippen molar-refractivity contribution in [2.45, 2.75) is 18.8 Å². The molecular formula is C14H16ClN3. The summed E-state index contributed by atoms with van der Waals surface area (Å²) in [5.74, 6) is 0. The summed E-state index contributed by atoms with van der Waals surface area (Å²) in [7, 11) is 0. The number of rotatable bonds is 2. The highest BCUT2D eigenvalue weighted by atomic mass is 35.5. The van der Waals surface area contributed by atoms with Crippen LogP contribution in [0, 0.1) is 0 Å².